The molecule has 0 aromatic rings. The van der Waals surface area contributed by atoms with Crippen molar-refractivity contribution in [3.05, 3.63) is 0 Å². The van der Waals surface area contributed by atoms with Crippen LogP contribution in [0.25, 0.3) is 0 Å². The van der Waals surface area contributed by atoms with Gasteiger partial charge in [-0.25, -0.2) is 0 Å². The van der Waals surface area contributed by atoms with Crippen molar-refractivity contribution in [3.63, 3.8) is 0 Å². The number of hydrogen-bond acceptors (Lipinski definition) is 3. The van der Waals surface area contributed by atoms with Gasteiger partial charge in [-0.2, -0.15) is 0 Å². The van der Waals surface area contributed by atoms with Crippen LogP contribution in [0.4, 0.5) is 0 Å². The largest absolute Gasteiger partial charge is 0.396 e. The summed E-state index contributed by atoms with van der Waals surface area (Å²) >= 11 is 0. The van der Waals surface area contributed by atoms with Crippen LogP contribution in [-0.4, -0.2) is 34.1 Å². The number of rotatable bonds is 16. The molecule has 3 nitrogen and oxygen atoms in total. The molecule has 0 aliphatic heterocycles. The molecule has 0 aliphatic rings. The lowest BCUT2D eigenvalue weighted by Crippen LogP contribution is -2.25. The van der Waals surface area contributed by atoms with E-state index in [1.807, 2.05) is 6.92 Å². The zero-order chi connectivity index (χ0) is 15.8. The SMILES string of the molecule is CC(O)(CCO)CCCCCCCCCCCCCCO. The van der Waals surface area contributed by atoms with Crippen molar-refractivity contribution in [3.8, 4) is 0 Å². The average molecular weight is 302 g/mol. The fraction of sp³-hybridized carbons (Fsp3) is 1.00. The maximum Gasteiger partial charge on any atom is 0.0641 e. The van der Waals surface area contributed by atoms with Gasteiger partial charge in [-0.15, -0.1) is 0 Å². The molecule has 3 N–H and O–H groups in total. The van der Waals surface area contributed by atoms with Gasteiger partial charge in [0.05, 0.1) is 5.60 Å². The van der Waals surface area contributed by atoms with Gasteiger partial charge in [-0.1, -0.05) is 70.6 Å². The summed E-state index contributed by atoms with van der Waals surface area (Å²) in [5.74, 6) is 0. The maximum absolute atomic E-state index is 9.92. The second-order valence-corrected chi connectivity index (χ2v) is 6.69. The van der Waals surface area contributed by atoms with Gasteiger partial charge in [0.2, 0.25) is 0 Å². The maximum atomic E-state index is 9.92. The highest BCUT2D eigenvalue weighted by atomic mass is 16.3. The predicted molar refractivity (Wildman–Crippen MR) is 89.4 cm³/mol. The molecule has 1 unspecified atom stereocenters. The van der Waals surface area contributed by atoms with Gasteiger partial charge in [0.15, 0.2) is 0 Å². The zero-order valence-corrected chi connectivity index (χ0v) is 14.2. The van der Waals surface area contributed by atoms with Gasteiger partial charge in [0, 0.05) is 13.2 Å². The highest BCUT2D eigenvalue weighted by Crippen LogP contribution is 2.19. The van der Waals surface area contributed by atoms with Crippen LogP contribution in [-0.2, 0) is 0 Å². The third-order valence-corrected chi connectivity index (χ3v) is 4.27. The van der Waals surface area contributed by atoms with E-state index in [9.17, 15) is 5.11 Å². The molecule has 128 valence electrons. The third-order valence-electron chi connectivity index (χ3n) is 4.27. The molecule has 0 radical (unpaired) electrons. The summed E-state index contributed by atoms with van der Waals surface area (Å²) in [4.78, 5) is 0. The van der Waals surface area contributed by atoms with Crippen molar-refractivity contribution < 1.29 is 15.3 Å². The summed E-state index contributed by atoms with van der Waals surface area (Å²) in [5.41, 5.74) is -0.676. The van der Waals surface area contributed by atoms with Crippen LogP contribution < -0.4 is 0 Å². The fourth-order valence-electron chi connectivity index (χ4n) is 2.75. The molecule has 0 fully saturated rings. The molecule has 0 heterocycles. The van der Waals surface area contributed by atoms with Gasteiger partial charge in [0.25, 0.3) is 0 Å². The molecule has 0 saturated carbocycles. The van der Waals surface area contributed by atoms with E-state index in [-0.39, 0.29) is 6.61 Å². The second kappa shape index (κ2) is 14.8. The lowest BCUT2D eigenvalue weighted by molar-refractivity contribution is 0.0232. The molecule has 3 heteroatoms. The Bertz CT molecular complexity index is 205. The minimum absolute atomic E-state index is 0.0764. The molecular weight excluding hydrogens is 264 g/mol. The van der Waals surface area contributed by atoms with Crippen LogP contribution in [0.15, 0.2) is 0 Å². The smallest absolute Gasteiger partial charge is 0.0641 e. The fourth-order valence-corrected chi connectivity index (χ4v) is 2.75. The Morgan fingerprint density at radius 1 is 0.524 bits per heavy atom. The van der Waals surface area contributed by atoms with Gasteiger partial charge >= 0.3 is 0 Å². The standard InChI is InChI=1S/C18H38O3/c1-18(21,15-17-20)14-12-10-8-6-4-2-3-5-7-9-11-13-16-19/h19-21H,2-17H2,1H3. The Labute approximate surface area is 131 Å². The Morgan fingerprint density at radius 3 is 1.29 bits per heavy atom. The van der Waals surface area contributed by atoms with Crippen molar-refractivity contribution in [2.24, 2.45) is 0 Å². The van der Waals surface area contributed by atoms with Gasteiger partial charge in [-0.05, 0) is 26.2 Å². The van der Waals surface area contributed by atoms with Crippen molar-refractivity contribution >= 4 is 0 Å². The lowest BCUT2D eigenvalue weighted by Gasteiger charge is -2.21. The van der Waals surface area contributed by atoms with E-state index in [1.54, 1.807) is 0 Å². The Hall–Kier alpha value is -0.120. The first-order chi connectivity index (χ1) is 10.1. The number of hydrogen-bond donors (Lipinski definition) is 3. The minimum Gasteiger partial charge on any atom is -0.396 e. The number of aliphatic hydroxyl groups excluding tert-OH is 2. The quantitative estimate of drug-likeness (QED) is 0.375. The second-order valence-electron chi connectivity index (χ2n) is 6.69. The van der Waals surface area contributed by atoms with Gasteiger partial charge in [-0.3, -0.25) is 0 Å². The van der Waals surface area contributed by atoms with E-state index in [0.29, 0.717) is 13.0 Å². The van der Waals surface area contributed by atoms with Crippen LogP contribution in [0.2, 0.25) is 0 Å². The monoisotopic (exact) mass is 302 g/mol. The number of unbranched alkanes of at least 4 members (excludes halogenated alkanes) is 11. The molecular formula is C18H38O3. The highest BCUT2D eigenvalue weighted by Gasteiger charge is 2.18. The topological polar surface area (TPSA) is 60.7 Å². The van der Waals surface area contributed by atoms with Crippen molar-refractivity contribution in [2.75, 3.05) is 13.2 Å². The molecule has 0 saturated heterocycles. The molecule has 0 spiro atoms. The van der Waals surface area contributed by atoms with E-state index in [1.165, 1.54) is 64.2 Å². The summed E-state index contributed by atoms with van der Waals surface area (Å²) in [7, 11) is 0. The van der Waals surface area contributed by atoms with Crippen LogP contribution in [0.5, 0.6) is 0 Å². The molecule has 0 bridgehead atoms. The summed E-state index contributed by atoms with van der Waals surface area (Å²) in [6.07, 6.45) is 16.3. The first kappa shape index (κ1) is 20.9. The molecule has 0 aliphatic carbocycles. The zero-order valence-electron chi connectivity index (χ0n) is 14.2. The molecule has 1 atom stereocenters. The average Bonchev–Trinajstić information content (AvgIpc) is 2.44. The van der Waals surface area contributed by atoms with E-state index in [2.05, 4.69) is 0 Å². The van der Waals surface area contributed by atoms with Crippen LogP contribution in [0, 0.1) is 0 Å². The van der Waals surface area contributed by atoms with E-state index in [0.717, 1.165) is 19.3 Å². The first-order valence-electron chi connectivity index (χ1n) is 9.06. The lowest BCUT2D eigenvalue weighted by atomic mass is 9.94. The highest BCUT2D eigenvalue weighted by molar-refractivity contribution is 4.71. The molecule has 0 rings (SSSR count). The molecule has 0 amide bonds. The van der Waals surface area contributed by atoms with E-state index < -0.39 is 5.60 Å². The van der Waals surface area contributed by atoms with E-state index >= 15 is 0 Å². The van der Waals surface area contributed by atoms with Crippen LogP contribution >= 0.6 is 0 Å². The first-order valence-corrected chi connectivity index (χ1v) is 9.06. The summed E-state index contributed by atoms with van der Waals surface area (Å²) in [5, 5.41) is 27.4. The van der Waals surface area contributed by atoms with Crippen molar-refractivity contribution in [1.29, 1.82) is 0 Å². The summed E-state index contributed by atoms with van der Waals surface area (Å²) in [6.45, 7) is 2.24. The van der Waals surface area contributed by atoms with Crippen LogP contribution in [0.1, 0.15) is 96.8 Å². The third kappa shape index (κ3) is 16.1. The normalized spacial score (nSPS) is 14.3. The molecule has 0 aromatic carbocycles. The Kier molecular flexibility index (Phi) is 14.7. The van der Waals surface area contributed by atoms with Gasteiger partial charge < -0.3 is 15.3 Å². The van der Waals surface area contributed by atoms with E-state index in [4.69, 9.17) is 10.2 Å². The summed E-state index contributed by atoms with van der Waals surface area (Å²) in [6, 6.07) is 0. The molecule has 0 aromatic heterocycles. The molecule has 21 heavy (non-hydrogen) atoms. The predicted octanol–water partition coefficient (Wildman–Crippen LogP) is 4.18. The van der Waals surface area contributed by atoms with Crippen molar-refractivity contribution in [2.45, 2.75) is 102 Å². The summed E-state index contributed by atoms with van der Waals surface area (Å²) < 4.78 is 0. The Balaban J connectivity index is 3.12. The van der Waals surface area contributed by atoms with Crippen molar-refractivity contribution in [1.82, 2.24) is 0 Å². The number of aliphatic hydroxyl groups is 3. The minimum atomic E-state index is -0.676. The van der Waals surface area contributed by atoms with Gasteiger partial charge in [0.1, 0.15) is 0 Å². The Morgan fingerprint density at radius 2 is 0.905 bits per heavy atom. The van der Waals surface area contributed by atoms with Crippen LogP contribution in [0.3, 0.4) is 0 Å².